The van der Waals surface area contributed by atoms with Gasteiger partial charge in [0.1, 0.15) is 10.4 Å². The first-order valence-electron chi connectivity index (χ1n) is 5.95. The summed E-state index contributed by atoms with van der Waals surface area (Å²) in [7, 11) is 2.04. The molecule has 2 nitrogen and oxygen atoms in total. The number of aromatic nitrogens is 2. The van der Waals surface area contributed by atoms with Gasteiger partial charge in [-0.05, 0) is 35.0 Å². The fourth-order valence-electron chi connectivity index (χ4n) is 1.85. The summed E-state index contributed by atoms with van der Waals surface area (Å²) in [5.41, 5.74) is 2.33. The van der Waals surface area contributed by atoms with Crippen LogP contribution in [-0.4, -0.2) is 14.8 Å². The molecule has 1 aromatic carbocycles. The van der Waals surface area contributed by atoms with Crippen molar-refractivity contribution in [3.05, 3.63) is 34.7 Å². The molecule has 18 heavy (non-hydrogen) atoms. The highest BCUT2D eigenvalue weighted by Crippen LogP contribution is 2.30. The molecule has 0 bridgehead atoms. The van der Waals surface area contributed by atoms with Gasteiger partial charge < -0.3 is 4.57 Å². The fraction of sp³-hybridized carbons (Fsp3) is 0.357. The van der Waals surface area contributed by atoms with Crippen molar-refractivity contribution in [3.8, 4) is 11.3 Å². The summed E-state index contributed by atoms with van der Waals surface area (Å²) in [6.45, 7) is 6.43. The van der Waals surface area contributed by atoms with E-state index in [4.69, 9.17) is 0 Å². The molecule has 0 amide bonds. The largest absolute Gasteiger partial charge is 0.330 e. The average molecular weight is 325 g/mol. The lowest BCUT2D eigenvalue weighted by Crippen LogP contribution is -1.94. The molecular weight excluding hydrogens is 308 g/mol. The van der Waals surface area contributed by atoms with Crippen LogP contribution >= 0.6 is 27.7 Å². The van der Waals surface area contributed by atoms with Gasteiger partial charge in [0.15, 0.2) is 0 Å². The van der Waals surface area contributed by atoms with Crippen molar-refractivity contribution in [1.29, 1.82) is 0 Å². The van der Waals surface area contributed by atoms with Crippen LogP contribution in [0, 0.1) is 6.92 Å². The summed E-state index contributed by atoms with van der Waals surface area (Å²) >= 11 is 5.41. The van der Waals surface area contributed by atoms with Crippen LogP contribution < -0.4 is 0 Å². The molecule has 96 valence electrons. The van der Waals surface area contributed by atoms with Crippen molar-refractivity contribution < 1.29 is 0 Å². The Balaban J connectivity index is 2.34. The van der Waals surface area contributed by atoms with E-state index in [1.165, 1.54) is 10.5 Å². The van der Waals surface area contributed by atoms with Crippen LogP contribution in [0.5, 0.6) is 0 Å². The van der Waals surface area contributed by atoms with E-state index in [0.717, 1.165) is 16.1 Å². The molecule has 0 saturated carbocycles. The van der Waals surface area contributed by atoms with Crippen LogP contribution in [0.3, 0.4) is 0 Å². The molecule has 0 aliphatic heterocycles. The number of imidazole rings is 1. The van der Waals surface area contributed by atoms with Gasteiger partial charge in [0, 0.05) is 22.8 Å². The van der Waals surface area contributed by atoms with Crippen molar-refractivity contribution in [2.75, 3.05) is 0 Å². The molecule has 2 aromatic rings. The van der Waals surface area contributed by atoms with Crippen molar-refractivity contribution >= 4 is 27.7 Å². The Hall–Kier alpha value is -0.740. The molecule has 0 unspecified atom stereocenters. The first-order valence-corrected chi connectivity index (χ1v) is 7.62. The maximum Gasteiger partial charge on any atom is 0.132 e. The number of hydrogen-bond acceptors (Lipinski definition) is 2. The second kappa shape index (κ2) is 5.49. The smallest absolute Gasteiger partial charge is 0.132 e. The zero-order valence-corrected chi connectivity index (χ0v) is 13.5. The van der Waals surface area contributed by atoms with Crippen LogP contribution in [0.2, 0.25) is 0 Å². The Morgan fingerprint density at radius 1 is 1.22 bits per heavy atom. The van der Waals surface area contributed by atoms with Gasteiger partial charge in [0.05, 0.1) is 5.69 Å². The Kier molecular flexibility index (Phi) is 4.17. The van der Waals surface area contributed by atoms with Gasteiger partial charge in [-0.2, -0.15) is 0 Å². The van der Waals surface area contributed by atoms with Crippen LogP contribution in [0.15, 0.2) is 33.8 Å². The van der Waals surface area contributed by atoms with Crippen LogP contribution in [0.1, 0.15) is 19.7 Å². The molecule has 0 aliphatic rings. The number of thioether (sulfide) groups is 1. The third-order valence-corrected chi connectivity index (χ3v) is 4.34. The predicted molar refractivity (Wildman–Crippen MR) is 82.1 cm³/mol. The summed E-state index contributed by atoms with van der Waals surface area (Å²) in [4.78, 5) is 5.74. The number of nitrogens with zero attached hydrogens (tertiary/aromatic N) is 2. The number of benzene rings is 1. The van der Waals surface area contributed by atoms with E-state index < -0.39 is 0 Å². The zero-order chi connectivity index (χ0) is 13.3. The minimum Gasteiger partial charge on any atom is -0.330 e. The molecule has 0 saturated heterocycles. The van der Waals surface area contributed by atoms with Crippen LogP contribution in [0.25, 0.3) is 11.3 Å². The second-order valence-corrected chi connectivity index (χ2v) is 6.95. The lowest BCUT2D eigenvalue weighted by molar-refractivity contribution is 0.865. The van der Waals surface area contributed by atoms with Crippen molar-refractivity contribution in [2.24, 2.45) is 7.05 Å². The van der Waals surface area contributed by atoms with E-state index in [1.807, 2.05) is 25.7 Å². The summed E-state index contributed by atoms with van der Waals surface area (Å²) in [5, 5.41) is 0.613. The maximum absolute atomic E-state index is 4.43. The summed E-state index contributed by atoms with van der Waals surface area (Å²) in [6, 6.07) is 8.67. The molecule has 1 heterocycles. The van der Waals surface area contributed by atoms with E-state index in [9.17, 15) is 0 Å². The summed E-state index contributed by atoms with van der Waals surface area (Å²) in [6.07, 6.45) is 0. The van der Waals surface area contributed by atoms with Crippen molar-refractivity contribution in [1.82, 2.24) is 9.55 Å². The Labute approximate surface area is 121 Å². The van der Waals surface area contributed by atoms with Crippen LogP contribution in [-0.2, 0) is 7.05 Å². The third-order valence-electron chi connectivity index (χ3n) is 2.78. The van der Waals surface area contributed by atoms with E-state index in [0.29, 0.717) is 5.25 Å². The highest BCUT2D eigenvalue weighted by atomic mass is 79.9. The molecular formula is C14H17BrN2S. The minimum absolute atomic E-state index is 0.613. The second-order valence-electron chi connectivity index (χ2n) is 4.55. The van der Waals surface area contributed by atoms with Crippen LogP contribution in [0.4, 0.5) is 0 Å². The maximum atomic E-state index is 4.43. The highest BCUT2D eigenvalue weighted by molar-refractivity contribution is 9.10. The first kappa shape index (κ1) is 13.7. The fourth-order valence-corrected chi connectivity index (χ4v) is 3.44. The van der Waals surface area contributed by atoms with Gasteiger partial charge in [-0.15, -0.1) is 11.8 Å². The molecule has 0 spiro atoms. The summed E-state index contributed by atoms with van der Waals surface area (Å²) < 4.78 is 3.01. The Morgan fingerprint density at radius 3 is 2.28 bits per heavy atom. The number of aryl methyl sites for hydroxylation is 1. The number of hydrogen-bond donors (Lipinski definition) is 0. The van der Waals surface area contributed by atoms with Crippen molar-refractivity contribution in [3.63, 3.8) is 0 Å². The van der Waals surface area contributed by atoms with Gasteiger partial charge in [-0.1, -0.05) is 26.0 Å². The molecule has 0 radical (unpaired) electrons. The standard InChI is InChI=1S/C14H17BrN2S/c1-9(2)18-12-7-5-11(6-8-12)13-14(15)16-10(3)17(13)4/h5-9H,1-4H3. The average Bonchev–Trinajstić information content (AvgIpc) is 2.54. The van der Waals surface area contributed by atoms with E-state index >= 15 is 0 Å². The van der Waals surface area contributed by atoms with Gasteiger partial charge in [-0.25, -0.2) is 4.98 Å². The first-order chi connectivity index (χ1) is 8.49. The minimum atomic E-state index is 0.613. The third kappa shape index (κ3) is 2.81. The molecule has 0 aliphatic carbocycles. The number of rotatable bonds is 3. The van der Waals surface area contributed by atoms with E-state index in [2.05, 4.69) is 63.6 Å². The normalized spacial score (nSPS) is 11.2. The summed E-state index contributed by atoms with van der Waals surface area (Å²) in [5.74, 6) is 1.01. The van der Waals surface area contributed by atoms with Gasteiger partial charge >= 0.3 is 0 Å². The van der Waals surface area contributed by atoms with Gasteiger partial charge in [-0.3, -0.25) is 0 Å². The molecule has 0 fully saturated rings. The topological polar surface area (TPSA) is 17.8 Å². The lowest BCUT2D eigenvalue weighted by atomic mass is 10.2. The molecule has 1 aromatic heterocycles. The number of halogens is 1. The highest BCUT2D eigenvalue weighted by Gasteiger charge is 2.11. The lowest BCUT2D eigenvalue weighted by Gasteiger charge is -2.07. The molecule has 2 rings (SSSR count). The Morgan fingerprint density at radius 2 is 1.83 bits per heavy atom. The van der Waals surface area contributed by atoms with Gasteiger partial charge in [0.2, 0.25) is 0 Å². The molecule has 4 heteroatoms. The SMILES string of the molecule is Cc1nc(Br)c(-c2ccc(SC(C)C)cc2)n1C. The monoisotopic (exact) mass is 324 g/mol. The zero-order valence-electron chi connectivity index (χ0n) is 11.1. The van der Waals surface area contributed by atoms with Crippen molar-refractivity contribution in [2.45, 2.75) is 30.9 Å². The molecule has 0 N–H and O–H groups in total. The molecule has 0 atom stereocenters. The quantitative estimate of drug-likeness (QED) is 0.764. The van der Waals surface area contributed by atoms with E-state index in [-0.39, 0.29) is 0 Å². The predicted octanol–water partition coefficient (Wildman–Crippen LogP) is 4.66. The van der Waals surface area contributed by atoms with Gasteiger partial charge in [0.25, 0.3) is 0 Å². The van der Waals surface area contributed by atoms with E-state index in [1.54, 1.807) is 0 Å². The Bertz CT molecular complexity index is 544.